The van der Waals surface area contributed by atoms with Crippen molar-refractivity contribution in [2.45, 2.75) is 19.4 Å². The first-order valence-corrected chi connectivity index (χ1v) is 10.9. The Hall–Kier alpha value is -3.17. The van der Waals surface area contributed by atoms with Crippen LogP contribution in [0.25, 0.3) is 11.0 Å². The summed E-state index contributed by atoms with van der Waals surface area (Å²) in [6.45, 7) is 3.28. The van der Waals surface area contributed by atoms with Crippen LogP contribution >= 0.6 is 11.3 Å². The van der Waals surface area contributed by atoms with E-state index in [0.717, 1.165) is 4.88 Å². The zero-order valence-electron chi connectivity index (χ0n) is 17.1. The molecule has 2 aromatic heterocycles. The van der Waals surface area contributed by atoms with Crippen LogP contribution in [0, 0.1) is 0 Å². The van der Waals surface area contributed by atoms with Gasteiger partial charge < -0.3 is 24.7 Å². The van der Waals surface area contributed by atoms with E-state index in [1.165, 1.54) is 18.3 Å². The van der Waals surface area contributed by atoms with Crippen molar-refractivity contribution in [2.75, 3.05) is 31.6 Å². The van der Waals surface area contributed by atoms with Crippen LogP contribution in [-0.4, -0.2) is 48.9 Å². The van der Waals surface area contributed by atoms with E-state index in [4.69, 9.17) is 9.15 Å². The van der Waals surface area contributed by atoms with Gasteiger partial charge in [-0.15, -0.1) is 11.3 Å². The summed E-state index contributed by atoms with van der Waals surface area (Å²) in [7, 11) is 0. The minimum atomic E-state index is -0.450. The second kappa shape index (κ2) is 9.32. The van der Waals surface area contributed by atoms with Crippen LogP contribution in [0.4, 0.5) is 5.69 Å². The molecule has 0 spiro atoms. The predicted molar refractivity (Wildman–Crippen MR) is 117 cm³/mol. The van der Waals surface area contributed by atoms with E-state index >= 15 is 0 Å². The number of nitrogens with one attached hydrogen (secondary N) is 2. The number of anilines is 1. The topological polar surface area (TPSA) is 101 Å². The van der Waals surface area contributed by atoms with E-state index in [1.54, 1.807) is 17.0 Å². The molecule has 0 radical (unpaired) electrons. The van der Waals surface area contributed by atoms with E-state index in [-0.39, 0.29) is 29.9 Å². The molecule has 0 saturated carbocycles. The van der Waals surface area contributed by atoms with Gasteiger partial charge in [0, 0.05) is 30.3 Å². The first-order chi connectivity index (χ1) is 15.0. The summed E-state index contributed by atoms with van der Waals surface area (Å²) in [4.78, 5) is 40.2. The second-order valence-corrected chi connectivity index (χ2v) is 8.21. The largest absolute Gasteiger partial charge is 0.449 e. The van der Waals surface area contributed by atoms with Crippen LogP contribution < -0.4 is 10.6 Å². The molecule has 8 nitrogen and oxygen atoms in total. The molecule has 1 aliphatic heterocycles. The Morgan fingerprint density at radius 1 is 1.13 bits per heavy atom. The molecular weight excluding hydrogens is 418 g/mol. The molecule has 162 valence electrons. The Kier molecular flexibility index (Phi) is 6.34. The molecule has 0 aliphatic carbocycles. The minimum Gasteiger partial charge on any atom is -0.449 e. The highest BCUT2D eigenvalue weighted by Gasteiger charge is 2.28. The van der Waals surface area contributed by atoms with Gasteiger partial charge in [0.15, 0.2) is 0 Å². The van der Waals surface area contributed by atoms with Crippen LogP contribution in [0.15, 0.2) is 46.2 Å². The summed E-state index contributed by atoms with van der Waals surface area (Å²) in [5.74, 6) is -0.729. The Bertz CT molecular complexity index is 1090. The number of morpholine rings is 1. The maximum absolute atomic E-state index is 13.1. The Morgan fingerprint density at radius 3 is 2.61 bits per heavy atom. The lowest BCUT2D eigenvalue weighted by Gasteiger charge is -2.26. The molecule has 3 aromatic rings. The molecule has 1 aliphatic rings. The van der Waals surface area contributed by atoms with Crippen molar-refractivity contribution in [3.8, 4) is 0 Å². The summed E-state index contributed by atoms with van der Waals surface area (Å²) in [5, 5.41) is 8.22. The van der Waals surface area contributed by atoms with E-state index in [1.807, 2.05) is 29.6 Å². The van der Waals surface area contributed by atoms with Crippen molar-refractivity contribution in [1.29, 1.82) is 0 Å². The third kappa shape index (κ3) is 4.78. The van der Waals surface area contributed by atoms with Crippen molar-refractivity contribution in [3.63, 3.8) is 0 Å². The van der Waals surface area contributed by atoms with Gasteiger partial charge in [-0.3, -0.25) is 14.4 Å². The zero-order chi connectivity index (χ0) is 21.8. The highest BCUT2D eigenvalue weighted by molar-refractivity contribution is 7.10. The number of hydrogen-bond donors (Lipinski definition) is 2. The predicted octanol–water partition coefficient (Wildman–Crippen LogP) is 3.17. The van der Waals surface area contributed by atoms with Crippen molar-refractivity contribution in [3.05, 3.63) is 52.4 Å². The van der Waals surface area contributed by atoms with Gasteiger partial charge in [0.2, 0.25) is 17.6 Å². The number of carbonyl (C=O) groups is 3. The van der Waals surface area contributed by atoms with Gasteiger partial charge in [0.1, 0.15) is 11.3 Å². The Balaban J connectivity index is 1.60. The van der Waals surface area contributed by atoms with E-state index in [2.05, 4.69) is 10.6 Å². The van der Waals surface area contributed by atoms with Crippen LogP contribution in [0.5, 0.6) is 0 Å². The Morgan fingerprint density at radius 2 is 1.90 bits per heavy atom. The fraction of sp³-hybridized carbons (Fsp3) is 0.318. The molecular formula is C22H23N3O5S. The lowest BCUT2D eigenvalue weighted by Crippen LogP contribution is -2.40. The Labute approximate surface area is 183 Å². The number of fused-ring (bicyclic) bond motifs is 1. The maximum atomic E-state index is 13.1. The molecule has 9 heteroatoms. The summed E-state index contributed by atoms with van der Waals surface area (Å²) < 4.78 is 11.2. The lowest BCUT2D eigenvalue weighted by atomic mass is 10.1. The lowest BCUT2D eigenvalue weighted by molar-refractivity contribution is -0.120. The van der Waals surface area contributed by atoms with Crippen molar-refractivity contribution >= 4 is 45.7 Å². The minimum absolute atomic E-state index is 0.0325. The van der Waals surface area contributed by atoms with Gasteiger partial charge in [-0.2, -0.15) is 0 Å². The number of nitrogens with zero attached hydrogens (tertiary/aromatic N) is 1. The molecule has 3 heterocycles. The number of furan rings is 1. The smallest absolute Gasteiger partial charge is 0.291 e. The van der Waals surface area contributed by atoms with Gasteiger partial charge in [-0.25, -0.2) is 0 Å². The quantitative estimate of drug-likeness (QED) is 0.612. The first-order valence-electron chi connectivity index (χ1n) is 10.0. The van der Waals surface area contributed by atoms with Gasteiger partial charge in [-0.1, -0.05) is 18.2 Å². The molecule has 2 N–H and O–H groups in total. The highest BCUT2D eigenvalue weighted by atomic mass is 32.1. The fourth-order valence-corrected chi connectivity index (χ4v) is 4.34. The van der Waals surface area contributed by atoms with Crippen LogP contribution in [0.1, 0.15) is 34.8 Å². The third-order valence-electron chi connectivity index (χ3n) is 5.01. The normalized spacial score (nSPS) is 14.9. The number of ether oxygens (including phenoxy) is 1. The summed E-state index contributed by atoms with van der Waals surface area (Å²) in [6.07, 6.45) is 0.0325. The summed E-state index contributed by atoms with van der Waals surface area (Å²) in [6, 6.07) is 10.5. The van der Waals surface area contributed by atoms with Crippen molar-refractivity contribution in [1.82, 2.24) is 10.2 Å². The van der Waals surface area contributed by atoms with E-state index < -0.39 is 6.04 Å². The average molecular weight is 442 g/mol. The van der Waals surface area contributed by atoms with Gasteiger partial charge in [0.25, 0.3) is 5.91 Å². The molecule has 4 rings (SSSR count). The van der Waals surface area contributed by atoms with Crippen molar-refractivity contribution < 1.29 is 23.5 Å². The van der Waals surface area contributed by atoms with Crippen molar-refractivity contribution in [2.24, 2.45) is 0 Å². The standard InChI is InChI=1S/C22H23N3O5S/c1-14(26)23-16(18-7-4-12-31-18)13-19(27)24-20-15-5-2-3-6-17(15)30-21(20)22(28)25-8-10-29-11-9-25/h2-7,12,16H,8-11,13H2,1H3,(H,23,26)(H,24,27)/t16-/m1/s1. The highest BCUT2D eigenvalue weighted by Crippen LogP contribution is 2.33. The zero-order valence-corrected chi connectivity index (χ0v) is 17.9. The number of hydrogen-bond acceptors (Lipinski definition) is 6. The average Bonchev–Trinajstić information content (AvgIpc) is 3.42. The first kappa shape index (κ1) is 21.1. The monoisotopic (exact) mass is 441 g/mol. The number of para-hydroxylation sites is 1. The van der Waals surface area contributed by atoms with Crippen LogP contribution in [-0.2, 0) is 14.3 Å². The molecule has 3 amide bonds. The number of amides is 3. The molecule has 1 saturated heterocycles. The summed E-state index contributed by atoms with van der Waals surface area (Å²) >= 11 is 1.47. The van der Waals surface area contributed by atoms with Gasteiger partial charge >= 0.3 is 0 Å². The molecule has 0 unspecified atom stereocenters. The van der Waals surface area contributed by atoms with Crippen LogP contribution in [0.3, 0.4) is 0 Å². The van der Waals surface area contributed by atoms with Gasteiger partial charge in [-0.05, 0) is 23.6 Å². The molecule has 31 heavy (non-hydrogen) atoms. The van der Waals surface area contributed by atoms with E-state index in [9.17, 15) is 14.4 Å². The fourth-order valence-electron chi connectivity index (χ4n) is 3.56. The number of rotatable bonds is 6. The molecule has 1 aromatic carbocycles. The molecule has 0 bridgehead atoms. The van der Waals surface area contributed by atoms with Gasteiger partial charge in [0.05, 0.1) is 25.7 Å². The number of carbonyl (C=O) groups excluding carboxylic acids is 3. The molecule has 1 fully saturated rings. The number of thiophene rings is 1. The van der Waals surface area contributed by atoms with Crippen LogP contribution in [0.2, 0.25) is 0 Å². The summed E-state index contributed by atoms with van der Waals surface area (Å²) in [5.41, 5.74) is 0.871. The van der Waals surface area contributed by atoms with E-state index in [0.29, 0.717) is 43.0 Å². The maximum Gasteiger partial charge on any atom is 0.291 e. The molecule has 1 atom stereocenters. The number of benzene rings is 1. The second-order valence-electron chi connectivity index (χ2n) is 7.23. The third-order valence-corrected chi connectivity index (χ3v) is 5.99. The SMILES string of the molecule is CC(=O)N[C@H](CC(=O)Nc1c(C(=O)N2CCOCC2)oc2ccccc12)c1cccs1.